The van der Waals surface area contributed by atoms with Crippen molar-refractivity contribution in [3.8, 4) is 23.0 Å². The van der Waals surface area contributed by atoms with Crippen molar-refractivity contribution in [2.75, 3.05) is 25.6 Å². The quantitative estimate of drug-likeness (QED) is 0.554. The van der Waals surface area contributed by atoms with Gasteiger partial charge in [0.2, 0.25) is 18.6 Å². The summed E-state index contributed by atoms with van der Waals surface area (Å²) in [6.07, 6.45) is 0. The summed E-state index contributed by atoms with van der Waals surface area (Å²) >= 11 is 1.22. The molecular formula is C17H19N3O4S. The van der Waals surface area contributed by atoms with Crippen LogP contribution < -0.4 is 9.47 Å². The molecular weight excluding hydrogens is 342 g/mol. The summed E-state index contributed by atoms with van der Waals surface area (Å²) in [5, 5.41) is 8.37. The zero-order chi connectivity index (χ0) is 17.8. The smallest absolute Gasteiger partial charge is 0.277 e. The zero-order valence-electron chi connectivity index (χ0n) is 14.2. The molecule has 25 heavy (non-hydrogen) atoms. The second-order valence-electron chi connectivity index (χ2n) is 5.59. The number of benzene rings is 1. The van der Waals surface area contributed by atoms with E-state index in [9.17, 15) is 4.79 Å². The number of nitrogens with zero attached hydrogens (tertiary/aromatic N) is 3. The number of thioether (sulfide) groups is 1. The standard InChI is InChI=1S/C17H19N3O4S/c1-4-20(8-11(2)3)15(21)9-25-17-19-18-16(24-17)12-5-6-13-14(7-12)23-10-22-13/h5-7H,2,4,8-10H2,1,3H3. The van der Waals surface area contributed by atoms with Crippen molar-refractivity contribution in [1.29, 1.82) is 0 Å². The Morgan fingerprint density at radius 2 is 2.12 bits per heavy atom. The average Bonchev–Trinajstić information content (AvgIpc) is 3.25. The molecule has 0 radical (unpaired) electrons. The number of carbonyl (C=O) groups excluding carboxylic acids is 1. The van der Waals surface area contributed by atoms with Gasteiger partial charge >= 0.3 is 0 Å². The number of hydrogen-bond acceptors (Lipinski definition) is 7. The molecule has 0 N–H and O–H groups in total. The van der Waals surface area contributed by atoms with Gasteiger partial charge in [-0.3, -0.25) is 4.79 Å². The van der Waals surface area contributed by atoms with Gasteiger partial charge in [0.05, 0.1) is 5.75 Å². The molecule has 1 aliphatic rings. The van der Waals surface area contributed by atoms with E-state index in [0.29, 0.717) is 35.7 Å². The van der Waals surface area contributed by atoms with E-state index < -0.39 is 0 Å². The van der Waals surface area contributed by atoms with Gasteiger partial charge in [0.15, 0.2) is 11.5 Å². The molecule has 0 unspecified atom stereocenters. The minimum atomic E-state index is 0.0123. The van der Waals surface area contributed by atoms with Gasteiger partial charge in [-0.15, -0.1) is 10.2 Å². The molecule has 1 amide bonds. The summed E-state index contributed by atoms with van der Waals surface area (Å²) in [5.74, 6) is 1.98. The molecule has 0 fully saturated rings. The van der Waals surface area contributed by atoms with E-state index in [0.717, 1.165) is 11.1 Å². The lowest BCUT2D eigenvalue weighted by molar-refractivity contribution is -0.127. The highest BCUT2D eigenvalue weighted by atomic mass is 32.2. The van der Waals surface area contributed by atoms with Crippen LogP contribution in [0.3, 0.4) is 0 Å². The molecule has 1 aromatic carbocycles. The Balaban J connectivity index is 1.62. The normalized spacial score (nSPS) is 12.2. The SMILES string of the molecule is C=C(C)CN(CC)C(=O)CSc1nnc(-c2ccc3c(c2)OCO3)o1. The maximum atomic E-state index is 12.2. The molecule has 2 aromatic rings. The highest BCUT2D eigenvalue weighted by Crippen LogP contribution is 2.36. The average molecular weight is 361 g/mol. The fourth-order valence-corrected chi connectivity index (χ4v) is 3.00. The molecule has 0 atom stereocenters. The van der Waals surface area contributed by atoms with Gasteiger partial charge in [-0.2, -0.15) is 0 Å². The number of rotatable bonds is 7. The Hall–Kier alpha value is -2.48. The van der Waals surface area contributed by atoms with Gasteiger partial charge in [-0.05, 0) is 32.0 Å². The highest BCUT2D eigenvalue weighted by Gasteiger charge is 2.18. The first-order valence-corrected chi connectivity index (χ1v) is 8.84. The molecule has 1 aromatic heterocycles. The van der Waals surface area contributed by atoms with E-state index in [1.54, 1.807) is 17.0 Å². The first-order chi connectivity index (χ1) is 12.1. The van der Waals surface area contributed by atoms with Crippen molar-refractivity contribution in [1.82, 2.24) is 15.1 Å². The molecule has 0 aliphatic carbocycles. The molecule has 3 rings (SSSR count). The Morgan fingerprint density at radius 1 is 1.32 bits per heavy atom. The fourth-order valence-electron chi connectivity index (χ4n) is 2.33. The first kappa shape index (κ1) is 17.3. The number of aromatic nitrogens is 2. The lowest BCUT2D eigenvalue weighted by Crippen LogP contribution is -2.33. The van der Waals surface area contributed by atoms with E-state index in [4.69, 9.17) is 13.9 Å². The van der Waals surface area contributed by atoms with Crippen LogP contribution in [0.25, 0.3) is 11.5 Å². The van der Waals surface area contributed by atoms with Gasteiger partial charge in [0.1, 0.15) is 0 Å². The molecule has 0 bridgehead atoms. The third-order valence-electron chi connectivity index (χ3n) is 3.54. The van der Waals surface area contributed by atoms with Crippen molar-refractivity contribution >= 4 is 17.7 Å². The minimum Gasteiger partial charge on any atom is -0.454 e. The Kier molecular flexibility index (Phi) is 5.28. The topological polar surface area (TPSA) is 77.7 Å². The van der Waals surface area contributed by atoms with E-state index in [-0.39, 0.29) is 18.5 Å². The molecule has 7 nitrogen and oxygen atoms in total. The van der Waals surface area contributed by atoms with Crippen LogP contribution in [0.4, 0.5) is 0 Å². The first-order valence-electron chi connectivity index (χ1n) is 7.85. The number of carbonyl (C=O) groups is 1. The van der Waals surface area contributed by atoms with Crippen LogP contribution in [0.1, 0.15) is 13.8 Å². The van der Waals surface area contributed by atoms with Crippen LogP contribution in [0.15, 0.2) is 40.0 Å². The van der Waals surface area contributed by atoms with Crippen molar-refractivity contribution in [3.05, 3.63) is 30.4 Å². The number of fused-ring (bicyclic) bond motifs is 1. The van der Waals surface area contributed by atoms with Crippen LogP contribution >= 0.6 is 11.8 Å². The second-order valence-corrected chi connectivity index (χ2v) is 6.52. The summed E-state index contributed by atoms with van der Waals surface area (Å²) in [4.78, 5) is 14.0. The van der Waals surface area contributed by atoms with Crippen LogP contribution in [-0.2, 0) is 4.79 Å². The van der Waals surface area contributed by atoms with Crippen LogP contribution in [0.2, 0.25) is 0 Å². The van der Waals surface area contributed by atoms with E-state index >= 15 is 0 Å². The Labute approximate surface area is 150 Å². The predicted molar refractivity (Wildman–Crippen MR) is 93.6 cm³/mol. The number of ether oxygens (including phenoxy) is 2. The molecule has 1 aliphatic heterocycles. The van der Waals surface area contributed by atoms with Crippen molar-refractivity contribution in [2.45, 2.75) is 19.1 Å². The minimum absolute atomic E-state index is 0.0123. The zero-order valence-corrected chi connectivity index (χ0v) is 15.0. The van der Waals surface area contributed by atoms with Gasteiger partial charge in [0, 0.05) is 18.7 Å². The Morgan fingerprint density at radius 3 is 2.88 bits per heavy atom. The number of amides is 1. The van der Waals surface area contributed by atoms with Gasteiger partial charge in [-0.25, -0.2) is 0 Å². The summed E-state index contributed by atoms with van der Waals surface area (Å²) in [7, 11) is 0. The van der Waals surface area contributed by atoms with Crippen LogP contribution in [-0.4, -0.2) is 46.6 Å². The number of hydrogen-bond donors (Lipinski definition) is 0. The lowest BCUT2D eigenvalue weighted by atomic mass is 10.2. The number of likely N-dealkylation sites (N-methyl/N-ethyl adjacent to an activating group) is 1. The van der Waals surface area contributed by atoms with Gasteiger partial charge in [-0.1, -0.05) is 23.9 Å². The second kappa shape index (κ2) is 7.60. The van der Waals surface area contributed by atoms with Crippen molar-refractivity contribution in [3.63, 3.8) is 0 Å². The van der Waals surface area contributed by atoms with Crippen molar-refractivity contribution in [2.24, 2.45) is 0 Å². The van der Waals surface area contributed by atoms with E-state index in [2.05, 4.69) is 16.8 Å². The lowest BCUT2D eigenvalue weighted by Gasteiger charge is -2.20. The largest absolute Gasteiger partial charge is 0.454 e. The fraction of sp³-hybridized carbons (Fsp3) is 0.353. The van der Waals surface area contributed by atoms with Gasteiger partial charge in [0.25, 0.3) is 5.22 Å². The van der Waals surface area contributed by atoms with Gasteiger partial charge < -0.3 is 18.8 Å². The maximum absolute atomic E-state index is 12.2. The van der Waals surface area contributed by atoms with Crippen molar-refractivity contribution < 1.29 is 18.7 Å². The van der Waals surface area contributed by atoms with E-state index in [1.165, 1.54) is 11.8 Å². The molecule has 132 valence electrons. The Bertz CT molecular complexity index is 790. The summed E-state index contributed by atoms with van der Waals surface area (Å²) in [6, 6.07) is 5.42. The molecule has 0 saturated heterocycles. The van der Waals surface area contributed by atoms with Crippen LogP contribution in [0.5, 0.6) is 11.5 Å². The van der Waals surface area contributed by atoms with Crippen LogP contribution in [0, 0.1) is 0 Å². The predicted octanol–water partition coefficient (Wildman–Crippen LogP) is 2.98. The molecule has 2 heterocycles. The molecule has 0 saturated carbocycles. The maximum Gasteiger partial charge on any atom is 0.277 e. The third-order valence-corrected chi connectivity index (χ3v) is 4.34. The summed E-state index contributed by atoms with van der Waals surface area (Å²) in [6.45, 7) is 9.09. The third kappa shape index (κ3) is 4.14. The highest BCUT2D eigenvalue weighted by molar-refractivity contribution is 7.99. The molecule has 0 spiro atoms. The van der Waals surface area contributed by atoms with E-state index in [1.807, 2.05) is 19.9 Å². The summed E-state index contributed by atoms with van der Waals surface area (Å²) in [5.41, 5.74) is 1.69. The molecule has 8 heteroatoms. The monoisotopic (exact) mass is 361 g/mol. The summed E-state index contributed by atoms with van der Waals surface area (Å²) < 4.78 is 16.3.